The van der Waals surface area contributed by atoms with Crippen LogP contribution in [0.3, 0.4) is 0 Å². The number of sulfonamides is 1. The summed E-state index contributed by atoms with van der Waals surface area (Å²) in [6.45, 7) is 2.54. The maximum atomic E-state index is 12.6. The number of amides is 1. The van der Waals surface area contributed by atoms with Crippen molar-refractivity contribution in [3.05, 3.63) is 35.4 Å². The van der Waals surface area contributed by atoms with E-state index < -0.39 is 15.6 Å². The van der Waals surface area contributed by atoms with E-state index in [1.165, 1.54) is 0 Å². The average molecular weight is 352 g/mol. The van der Waals surface area contributed by atoms with Crippen LogP contribution in [0, 0.1) is 5.92 Å². The molecular formula is C17H24N2O4S. The monoisotopic (exact) mass is 352 g/mol. The molecule has 2 aliphatic rings. The molecule has 1 aliphatic carbocycles. The minimum absolute atomic E-state index is 0.0251. The molecule has 1 aromatic carbocycles. The summed E-state index contributed by atoms with van der Waals surface area (Å²) in [4.78, 5) is 11.5. The molecule has 1 saturated carbocycles. The Balaban J connectivity index is 1.68. The lowest BCUT2D eigenvalue weighted by Gasteiger charge is -2.31. The Hall–Kier alpha value is -1.44. The van der Waals surface area contributed by atoms with Gasteiger partial charge in [0.2, 0.25) is 10.0 Å². The van der Waals surface area contributed by atoms with Crippen LogP contribution in [-0.4, -0.2) is 39.6 Å². The zero-order valence-corrected chi connectivity index (χ0v) is 14.9. The lowest BCUT2D eigenvalue weighted by molar-refractivity contribution is 0.0629. The normalized spacial score (nSPS) is 27.2. The molecule has 7 heteroatoms. The lowest BCUT2D eigenvalue weighted by Crippen LogP contribution is -2.52. The summed E-state index contributed by atoms with van der Waals surface area (Å²) >= 11 is 0. The van der Waals surface area contributed by atoms with Gasteiger partial charge in [-0.05, 0) is 49.8 Å². The van der Waals surface area contributed by atoms with Gasteiger partial charge in [-0.2, -0.15) is 0 Å². The van der Waals surface area contributed by atoms with Crippen molar-refractivity contribution in [2.75, 3.05) is 13.7 Å². The summed E-state index contributed by atoms with van der Waals surface area (Å²) < 4.78 is 33.8. The highest BCUT2D eigenvalue weighted by molar-refractivity contribution is 7.88. The average Bonchev–Trinajstić information content (AvgIpc) is 3.29. The fourth-order valence-electron chi connectivity index (χ4n) is 3.40. The van der Waals surface area contributed by atoms with E-state index in [0.29, 0.717) is 30.1 Å². The fraction of sp³-hybridized carbons (Fsp3) is 0.588. The summed E-state index contributed by atoms with van der Waals surface area (Å²) in [5.41, 5.74) is 0.638. The Morgan fingerprint density at radius 1 is 1.29 bits per heavy atom. The first kappa shape index (κ1) is 17.4. The van der Waals surface area contributed by atoms with Gasteiger partial charge in [0.25, 0.3) is 5.91 Å². The van der Waals surface area contributed by atoms with Gasteiger partial charge in [-0.15, -0.1) is 0 Å². The smallest absolute Gasteiger partial charge is 0.251 e. The van der Waals surface area contributed by atoms with Crippen LogP contribution >= 0.6 is 0 Å². The Bertz CT molecular complexity index is 713. The molecule has 0 spiro atoms. The summed E-state index contributed by atoms with van der Waals surface area (Å²) in [6.07, 6.45) is 2.90. The third-order valence-corrected chi connectivity index (χ3v) is 6.28. The molecule has 1 saturated heterocycles. The van der Waals surface area contributed by atoms with Gasteiger partial charge in [0.15, 0.2) is 0 Å². The molecule has 0 bridgehead atoms. The molecule has 6 nitrogen and oxygen atoms in total. The van der Waals surface area contributed by atoms with E-state index in [-0.39, 0.29) is 17.8 Å². The molecule has 1 amide bonds. The van der Waals surface area contributed by atoms with E-state index in [1.54, 1.807) is 31.3 Å². The second kappa shape index (κ2) is 6.46. The number of hydrogen-bond donors (Lipinski definition) is 2. The SMILES string of the molecule is CNC(=O)c1ccc(CS(=O)(=O)NC2(C)CCOC2C2CC2)cc1. The van der Waals surface area contributed by atoms with Crippen molar-refractivity contribution in [1.29, 1.82) is 0 Å². The summed E-state index contributed by atoms with van der Waals surface area (Å²) in [5.74, 6) is 0.186. The van der Waals surface area contributed by atoms with Crippen LogP contribution in [0.5, 0.6) is 0 Å². The Morgan fingerprint density at radius 2 is 1.96 bits per heavy atom. The maximum absolute atomic E-state index is 12.6. The molecule has 2 fully saturated rings. The first-order chi connectivity index (χ1) is 11.3. The van der Waals surface area contributed by atoms with Gasteiger partial charge >= 0.3 is 0 Å². The van der Waals surface area contributed by atoms with Gasteiger partial charge in [-0.25, -0.2) is 13.1 Å². The second-order valence-electron chi connectivity index (χ2n) is 6.93. The first-order valence-corrected chi connectivity index (χ1v) is 9.92. The van der Waals surface area contributed by atoms with E-state index in [1.807, 2.05) is 6.92 Å². The highest BCUT2D eigenvalue weighted by Gasteiger charge is 2.49. The number of rotatable bonds is 6. The number of ether oxygens (including phenoxy) is 1. The topological polar surface area (TPSA) is 84.5 Å². The van der Waals surface area contributed by atoms with Crippen LogP contribution in [0.2, 0.25) is 0 Å². The van der Waals surface area contributed by atoms with Gasteiger partial charge in [-0.1, -0.05) is 12.1 Å². The van der Waals surface area contributed by atoms with E-state index in [4.69, 9.17) is 4.74 Å². The molecule has 2 N–H and O–H groups in total. The number of benzene rings is 1. The van der Waals surface area contributed by atoms with E-state index in [0.717, 1.165) is 12.8 Å². The minimum Gasteiger partial charge on any atom is -0.376 e. The number of carbonyl (C=O) groups excluding carboxylic acids is 1. The molecule has 0 aromatic heterocycles. The van der Waals surface area contributed by atoms with Gasteiger partial charge in [0, 0.05) is 19.2 Å². The van der Waals surface area contributed by atoms with Crippen LogP contribution in [-0.2, 0) is 20.5 Å². The third kappa shape index (κ3) is 3.79. The molecule has 1 aromatic rings. The van der Waals surface area contributed by atoms with Crippen molar-refractivity contribution in [1.82, 2.24) is 10.0 Å². The standard InChI is InChI=1S/C17H24N2O4S/c1-17(9-10-23-15(17)13-7-8-13)19-24(21,22)11-12-3-5-14(6-4-12)16(20)18-2/h3-6,13,15,19H,7-11H2,1-2H3,(H,18,20). The molecule has 3 rings (SSSR count). The number of carbonyl (C=O) groups is 1. The van der Waals surface area contributed by atoms with Crippen molar-refractivity contribution in [2.24, 2.45) is 5.92 Å². The zero-order chi connectivity index (χ0) is 17.4. The minimum atomic E-state index is -3.48. The third-order valence-electron chi connectivity index (χ3n) is 4.79. The lowest BCUT2D eigenvalue weighted by atomic mass is 9.92. The molecule has 0 radical (unpaired) electrons. The van der Waals surface area contributed by atoms with E-state index in [9.17, 15) is 13.2 Å². The Morgan fingerprint density at radius 3 is 2.54 bits per heavy atom. The second-order valence-corrected chi connectivity index (χ2v) is 8.66. The largest absolute Gasteiger partial charge is 0.376 e. The van der Waals surface area contributed by atoms with Crippen molar-refractivity contribution >= 4 is 15.9 Å². The summed E-state index contributed by atoms with van der Waals surface area (Å²) in [5, 5.41) is 2.54. The van der Waals surface area contributed by atoms with Gasteiger partial charge < -0.3 is 10.1 Å². The quantitative estimate of drug-likeness (QED) is 0.811. The fourth-order valence-corrected chi connectivity index (χ4v) is 5.03. The summed E-state index contributed by atoms with van der Waals surface area (Å²) in [7, 11) is -1.92. The number of nitrogens with one attached hydrogen (secondary N) is 2. The maximum Gasteiger partial charge on any atom is 0.251 e. The van der Waals surface area contributed by atoms with Crippen molar-refractivity contribution in [2.45, 2.75) is 43.6 Å². The first-order valence-electron chi connectivity index (χ1n) is 8.27. The van der Waals surface area contributed by atoms with Gasteiger partial charge in [-0.3, -0.25) is 4.79 Å². The molecule has 1 aliphatic heterocycles. The highest BCUT2D eigenvalue weighted by Crippen LogP contribution is 2.43. The Labute approximate surface area is 143 Å². The van der Waals surface area contributed by atoms with E-state index >= 15 is 0 Å². The molecule has 24 heavy (non-hydrogen) atoms. The predicted molar refractivity (Wildman–Crippen MR) is 91.1 cm³/mol. The summed E-state index contributed by atoms with van der Waals surface area (Å²) in [6, 6.07) is 6.62. The van der Waals surface area contributed by atoms with Crippen molar-refractivity contribution in [3.8, 4) is 0 Å². The van der Waals surface area contributed by atoms with Crippen molar-refractivity contribution < 1.29 is 17.9 Å². The van der Waals surface area contributed by atoms with Gasteiger partial charge in [0.05, 0.1) is 17.4 Å². The van der Waals surface area contributed by atoms with Crippen LogP contribution in [0.25, 0.3) is 0 Å². The highest BCUT2D eigenvalue weighted by atomic mass is 32.2. The van der Waals surface area contributed by atoms with E-state index in [2.05, 4.69) is 10.0 Å². The molecular weight excluding hydrogens is 328 g/mol. The Kier molecular flexibility index (Phi) is 4.68. The van der Waals surface area contributed by atoms with Crippen LogP contribution < -0.4 is 10.0 Å². The zero-order valence-electron chi connectivity index (χ0n) is 14.0. The van der Waals surface area contributed by atoms with Crippen LogP contribution in [0.1, 0.15) is 42.1 Å². The number of hydrogen-bond acceptors (Lipinski definition) is 4. The molecule has 2 unspecified atom stereocenters. The van der Waals surface area contributed by atoms with Crippen LogP contribution in [0.15, 0.2) is 24.3 Å². The molecule has 2 atom stereocenters. The predicted octanol–water partition coefficient (Wildman–Crippen LogP) is 1.42. The van der Waals surface area contributed by atoms with Crippen molar-refractivity contribution in [3.63, 3.8) is 0 Å². The van der Waals surface area contributed by atoms with Crippen LogP contribution in [0.4, 0.5) is 0 Å². The van der Waals surface area contributed by atoms with Gasteiger partial charge in [0.1, 0.15) is 0 Å². The molecule has 132 valence electrons. The molecule has 1 heterocycles.